The first-order valence-electron chi connectivity index (χ1n) is 7.85. The monoisotopic (exact) mass is 347 g/mol. The van der Waals surface area contributed by atoms with Gasteiger partial charge in [0.05, 0.1) is 13.0 Å². The summed E-state index contributed by atoms with van der Waals surface area (Å²) in [5.41, 5.74) is 1.02. The van der Waals surface area contributed by atoms with Crippen LogP contribution < -0.4 is 14.8 Å². The Morgan fingerprint density at radius 2 is 2.42 bits per heavy atom. The maximum absolute atomic E-state index is 12.3. The minimum Gasteiger partial charge on any atom is -0.493 e. The smallest absolute Gasteiger partial charge is 0.226 e. The lowest BCUT2D eigenvalue weighted by Gasteiger charge is -2.25. The minimum absolute atomic E-state index is 0.0314. The van der Waals surface area contributed by atoms with Gasteiger partial charge in [0.2, 0.25) is 5.91 Å². The van der Waals surface area contributed by atoms with Gasteiger partial charge in [-0.05, 0) is 18.1 Å². The average molecular weight is 347 g/mol. The number of rotatable bonds is 6. The quantitative estimate of drug-likeness (QED) is 0.638. The molecular formula is C17H21N3O3S. The second kappa shape index (κ2) is 7.61. The van der Waals surface area contributed by atoms with Crippen LogP contribution in [-0.2, 0) is 18.3 Å². The van der Waals surface area contributed by atoms with Crippen molar-refractivity contribution in [3.63, 3.8) is 0 Å². The summed E-state index contributed by atoms with van der Waals surface area (Å²) < 4.78 is 13.0. The van der Waals surface area contributed by atoms with E-state index in [1.807, 2.05) is 36.0 Å². The Bertz CT molecular complexity index is 717. The Kier molecular flexibility index (Phi) is 5.30. The van der Waals surface area contributed by atoms with Gasteiger partial charge in [-0.1, -0.05) is 23.9 Å². The first-order valence-corrected chi connectivity index (χ1v) is 8.84. The molecule has 1 aliphatic rings. The van der Waals surface area contributed by atoms with E-state index in [4.69, 9.17) is 9.47 Å². The summed E-state index contributed by atoms with van der Waals surface area (Å²) in [6.45, 7) is 0.990. The van der Waals surface area contributed by atoms with Gasteiger partial charge in [-0.2, -0.15) is 0 Å². The lowest BCUT2D eigenvalue weighted by molar-refractivity contribution is -0.126. The molecule has 0 fully saturated rings. The van der Waals surface area contributed by atoms with Crippen molar-refractivity contribution in [1.29, 1.82) is 0 Å². The van der Waals surface area contributed by atoms with Crippen molar-refractivity contribution in [3.8, 4) is 11.5 Å². The second-order valence-electron chi connectivity index (χ2n) is 5.62. The fourth-order valence-corrected chi connectivity index (χ4v) is 3.46. The highest BCUT2D eigenvalue weighted by atomic mass is 32.2. The van der Waals surface area contributed by atoms with Gasteiger partial charge in [0.25, 0.3) is 0 Å². The molecule has 0 radical (unpaired) electrons. The number of hydrogen-bond acceptors (Lipinski definition) is 5. The van der Waals surface area contributed by atoms with Gasteiger partial charge in [-0.15, -0.1) is 0 Å². The predicted octanol–water partition coefficient (Wildman–Crippen LogP) is 1.89. The van der Waals surface area contributed by atoms with Crippen LogP contribution in [0.1, 0.15) is 5.56 Å². The number of nitrogens with one attached hydrogen (secondary N) is 1. The molecule has 1 aromatic carbocycles. The first kappa shape index (κ1) is 16.7. The van der Waals surface area contributed by atoms with Gasteiger partial charge in [-0.3, -0.25) is 4.79 Å². The molecule has 0 saturated heterocycles. The number of methoxy groups -OCH3 is 1. The number of carbonyl (C=O) groups excluding carboxylic acids is 1. The number of benzene rings is 1. The number of aromatic nitrogens is 2. The fourth-order valence-electron chi connectivity index (χ4n) is 2.68. The Balaban J connectivity index is 1.48. The summed E-state index contributed by atoms with van der Waals surface area (Å²) in [5, 5.41) is 3.94. The fraction of sp³-hybridized carbons (Fsp3) is 0.412. The van der Waals surface area contributed by atoms with Crippen LogP contribution in [0, 0.1) is 5.92 Å². The number of para-hydroxylation sites is 1. The molecule has 1 amide bonds. The number of aryl methyl sites for hydroxylation is 1. The number of ether oxygens (including phenoxy) is 2. The maximum atomic E-state index is 12.3. The van der Waals surface area contributed by atoms with Crippen LogP contribution in [0.2, 0.25) is 0 Å². The van der Waals surface area contributed by atoms with Crippen LogP contribution in [0.4, 0.5) is 0 Å². The Morgan fingerprint density at radius 3 is 3.17 bits per heavy atom. The lowest BCUT2D eigenvalue weighted by Crippen LogP contribution is -2.38. The summed E-state index contributed by atoms with van der Waals surface area (Å²) in [7, 11) is 3.58. The molecule has 3 rings (SSSR count). The van der Waals surface area contributed by atoms with Crippen LogP contribution in [-0.4, -0.2) is 41.5 Å². The van der Waals surface area contributed by atoms with Crippen molar-refractivity contribution < 1.29 is 14.3 Å². The summed E-state index contributed by atoms with van der Waals surface area (Å²) in [5.74, 6) is 2.13. The van der Waals surface area contributed by atoms with Crippen molar-refractivity contribution in [2.75, 3.05) is 26.0 Å². The summed E-state index contributed by atoms with van der Waals surface area (Å²) in [6, 6.07) is 5.77. The van der Waals surface area contributed by atoms with Crippen molar-refractivity contribution in [3.05, 3.63) is 36.2 Å². The van der Waals surface area contributed by atoms with E-state index in [9.17, 15) is 4.79 Å². The van der Waals surface area contributed by atoms with E-state index >= 15 is 0 Å². The zero-order chi connectivity index (χ0) is 16.9. The molecule has 1 unspecified atom stereocenters. The van der Waals surface area contributed by atoms with Crippen LogP contribution >= 0.6 is 11.8 Å². The molecule has 1 N–H and O–H groups in total. The van der Waals surface area contributed by atoms with Gasteiger partial charge in [-0.25, -0.2) is 4.98 Å². The molecule has 24 heavy (non-hydrogen) atoms. The van der Waals surface area contributed by atoms with E-state index in [1.54, 1.807) is 25.1 Å². The third kappa shape index (κ3) is 3.67. The number of amides is 1. The zero-order valence-corrected chi connectivity index (χ0v) is 14.6. The average Bonchev–Trinajstić information content (AvgIpc) is 3.02. The van der Waals surface area contributed by atoms with E-state index in [-0.39, 0.29) is 11.8 Å². The highest BCUT2D eigenvalue weighted by molar-refractivity contribution is 7.99. The number of nitrogens with zero attached hydrogens (tertiary/aromatic N) is 2. The molecule has 1 aromatic heterocycles. The first-order chi connectivity index (χ1) is 11.7. The van der Waals surface area contributed by atoms with Crippen molar-refractivity contribution in [2.24, 2.45) is 13.0 Å². The maximum Gasteiger partial charge on any atom is 0.226 e. The lowest BCUT2D eigenvalue weighted by atomic mass is 9.95. The van der Waals surface area contributed by atoms with E-state index in [1.165, 1.54) is 0 Å². The summed E-state index contributed by atoms with van der Waals surface area (Å²) in [6.07, 6.45) is 4.35. The zero-order valence-electron chi connectivity index (χ0n) is 13.8. The van der Waals surface area contributed by atoms with E-state index < -0.39 is 0 Å². The second-order valence-corrected chi connectivity index (χ2v) is 6.68. The number of fused-ring (bicyclic) bond motifs is 1. The number of imidazole rings is 1. The Morgan fingerprint density at radius 1 is 1.54 bits per heavy atom. The van der Waals surface area contributed by atoms with Crippen LogP contribution in [0.25, 0.3) is 0 Å². The van der Waals surface area contributed by atoms with Gasteiger partial charge in [0, 0.05) is 31.7 Å². The molecule has 2 aromatic rings. The molecule has 0 aliphatic carbocycles. The van der Waals surface area contributed by atoms with Crippen LogP contribution in [0.3, 0.4) is 0 Å². The molecule has 6 nitrogen and oxygen atoms in total. The van der Waals surface area contributed by atoms with Crippen molar-refractivity contribution >= 4 is 17.7 Å². The largest absolute Gasteiger partial charge is 0.493 e. The molecule has 7 heteroatoms. The molecule has 1 atom stereocenters. The SMILES string of the molecule is COc1cccc2c1OCC(C(=O)NCCSc1nccn1C)C2. The van der Waals surface area contributed by atoms with Gasteiger partial charge in [0.15, 0.2) is 16.7 Å². The standard InChI is InChI=1S/C17H21N3O3S/c1-20-8-6-19-17(20)24-9-7-18-16(21)13-10-12-4-3-5-14(22-2)15(12)23-11-13/h3-6,8,13H,7,9-11H2,1-2H3,(H,18,21). The van der Waals surface area contributed by atoms with E-state index in [2.05, 4.69) is 10.3 Å². The van der Waals surface area contributed by atoms with Gasteiger partial charge in [0.1, 0.15) is 6.61 Å². The molecule has 2 heterocycles. The summed E-state index contributed by atoms with van der Waals surface area (Å²) in [4.78, 5) is 16.6. The third-order valence-electron chi connectivity index (χ3n) is 3.96. The normalized spacial score (nSPS) is 16.2. The molecule has 1 aliphatic heterocycles. The molecule has 0 bridgehead atoms. The Labute approximate surface area is 145 Å². The molecule has 128 valence electrons. The van der Waals surface area contributed by atoms with Crippen LogP contribution in [0.5, 0.6) is 11.5 Å². The molecule has 0 spiro atoms. The minimum atomic E-state index is -0.164. The molecule has 0 saturated carbocycles. The number of carbonyl (C=O) groups is 1. The third-order valence-corrected chi connectivity index (χ3v) is 5.02. The number of thioether (sulfide) groups is 1. The van der Waals surface area contributed by atoms with Gasteiger partial charge < -0.3 is 19.4 Å². The predicted molar refractivity (Wildman–Crippen MR) is 92.6 cm³/mol. The van der Waals surface area contributed by atoms with Crippen molar-refractivity contribution in [1.82, 2.24) is 14.9 Å². The summed E-state index contributed by atoms with van der Waals surface area (Å²) >= 11 is 1.63. The number of hydrogen-bond donors (Lipinski definition) is 1. The van der Waals surface area contributed by atoms with Crippen LogP contribution in [0.15, 0.2) is 35.7 Å². The van der Waals surface area contributed by atoms with Gasteiger partial charge >= 0.3 is 0 Å². The molecular weight excluding hydrogens is 326 g/mol. The highest BCUT2D eigenvalue weighted by Crippen LogP contribution is 2.35. The Hall–Kier alpha value is -2.15. The topological polar surface area (TPSA) is 65.4 Å². The highest BCUT2D eigenvalue weighted by Gasteiger charge is 2.27. The van der Waals surface area contributed by atoms with E-state index in [0.717, 1.165) is 28.0 Å². The van der Waals surface area contributed by atoms with E-state index in [0.29, 0.717) is 19.6 Å². The van der Waals surface area contributed by atoms with Crippen molar-refractivity contribution in [2.45, 2.75) is 11.6 Å².